The van der Waals surface area contributed by atoms with Crippen LogP contribution in [0.1, 0.15) is 46.4 Å². The average molecular weight is 301 g/mol. The van der Waals surface area contributed by atoms with Gasteiger partial charge in [-0.1, -0.05) is 6.92 Å². The van der Waals surface area contributed by atoms with Crippen molar-refractivity contribution in [1.29, 1.82) is 0 Å². The molecule has 0 saturated carbocycles. The van der Waals surface area contributed by atoms with Gasteiger partial charge in [-0.05, 0) is 40.3 Å². The maximum Gasteiger partial charge on any atom is 0.154 e. The Labute approximate surface area is 122 Å². The van der Waals surface area contributed by atoms with Crippen LogP contribution in [0.15, 0.2) is 12.3 Å². The molecule has 1 N–H and O–H groups in total. The molecule has 0 fully saturated rings. The number of hydrogen-bond acceptors (Lipinski definition) is 4. The highest BCUT2D eigenvalue weighted by Gasteiger charge is 2.38. The second kappa shape index (κ2) is 6.26. The third kappa shape index (κ3) is 3.82. The molecule has 116 valence electrons. The van der Waals surface area contributed by atoms with E-state index in [1.54, 1.807) is 13.8 Å². The summed E-state index contributed by atoms with van der Waals surface area (Å²) in [7, 11) is -3.15. The van der Waals surface area contributed by atoms with Gasteiger partial charge in [0.25, 0.3) is 0 Å². The zero-order valence-electron chi connectivity index (χ0n) is 13.3. The molecule has 1 aromatic heterocycles. The van der Waals surface area contributed by atoms with Gasteiger partial charge >= 0.3 is 0 Å². The first-order valence-corrected chi connectivity index (χ1v) is 8.95. The van der Waals surface area contributed by atoms with Gasteiger partial charge in [0.2, 0.25) is 0 Å². The van der Waals surface area contributed by atoms with Crippen LogP contribution in [-0.4, -0.2) is 41.8 Å². The van der Waals surface area contributed by atoms with Gasteiger partial charge in [0.1, 0.15) is 0 Å². The molecule has 1 heterocycles. The Morgan fingerprint density at radius 3 is 2.40 bits per heavy atom. The van der Waals surface area contributed by atoms with E-state index in [0.717, 1.165) is 12.2 Å². The minimum absolute atomic E-state index is 0.155. The predicted molar refractivity (Wildman–Crippen MR) is 82.7 cm³/mol. The van der Waals surface area contributed by atoms with Crippen molar-refractivity contribution in [3.63, 3.8) is 0 Å². The van der Waals surface area contributed by atoms with E-state index in [1.165, 1.54) is 6.26 Å². The zero-order valence-corrected chi connectivity index (χ0v) is 14.2. The summed E-state index contributed by atoms with van der Waals surface area (Å²) >= 11 is 0. The molecular weight excluding hydrogens is 274 g/mol. The van der Waals surface area contributed by atoms with E-state index in [0.29, 0.717) is 12.5 Å². The van der Waals surface area contributed by atoms with Crippen molar-refractivity contribution in [1.82, 2.24) is 15.1 Å². The van der Waals surface area contributed by atoms with Crippen molar-refractivity contribution in [2.45, 2.75) is 57.9 Å². The summed E-state index contributed by atoms with van der Waals surface area (Å²) in [6.07, 6.45) is 3.84. The Bertz CT molecular complexity index is 532. The van der Waals surface area contributed by atoms with E-state index in [2.05, 4.69) is 24.3 Å². The molecule has 6 heteroatoms. The fraction of sp³-hybridized carbons (Fsp3) is 0.786. The SMILES string of the molecule is CCNC(Cc1ccn(C(C)C)n1)C(C)(C)S(C)(=O)=O. The Kier molecular flexibility index (Phi) is 5.38. The van der Waals surface area contributed by atoms with Gasteiger partial charge < -0.3 is 5.32 Å². The molecule has 1 unspecified atom stereocenters. The van der Waals surface area contributed by atoms with E-state index in [4.69, 9.17) is 0 Å². The minimum atomic E-state index is -3.15. The molecule has 0 radical (unpaired) electrons. The molecule has 0 bridgehead atoms. The molecule has 1 atom stereocenters. The fourth-order valence-corrected chi connectivity index (χ4v) is 2.74. The van der Waals surface area contributed by atoms with Crippen LogP contribution < -0.4 is 5.32 Å². The second-order valence-electron chi connectivity index (χ2n) is 6.07. The van der Waals surface area contributed by atoms with Crippen LogP contribution in [0.2, 0.25) is 0 Å². The first-order valence-electron chi connectivity index (χ1n) is 7.06. The van der Waals surface area contributed by atoms with E-state index in [1.807, 2.05) is 23.9 Å². The van der Waals surface area contributed by atoms with E-state index < -0.39 is 14.6 Å². The van der Waals surface area contributed by atoms with Crippen LogP contribution >= 0.6 is 0 Å². The normalized spacial score (nSPS) is 14.8. The standard InChI is InChI=1S/C14H27N3O2S/c1-7-15-13(14(4,5)20(6,18)19)10-12-8-9-17(16-12)11(2)3/h8-9,11,13,15H,7,10H2,1-6H3. The fourth-order valence-electron chi connectivity index (χ4n) is 2.05. The average Bonchev–Trinajstić information content (AvgIpc) is 2.75. The van der Waals surface area contributed by atoms with Crippen molar-refractivity contribution in [2.75, 3.05) is 12.8 Å². The van der Waals surface area contributed by atoms with Crippen LogP contribution in [0, 0.1) is 0 Å². The topological polar surface area (TPSA) is 64.0 Å². The minimum Gasteiger partial charge on any atom is -0.312 e. The van der Waals surface area contributed by atoms with Crippen LogP contribution in [0.5, 0.6) is 0 Å². The summed E-state index contributed by atoms with van der Waals surface area (Å²) in [4.78, 5) is 0. The Morgan fingerprint density at radius 1 is 1.40 bits per heavy atom. The summed E-state index contributed by atoms with van der Waals surface area (Å²) in [6, 6.07) is 2.12. The quantitative estimate of drug-likeness (QED) is 0.834. The number of aromatic nitrogens is 2. The molecule has 20 heavy (non-hydrogen) atoms. The van der Waals surface area contributed by atoms with E-state index in [-0.39, 0.29) is 6.04 Å². The number of hydrogen-bond donors (Lipinski definition) is 1. The van der Waals surface area contributed by atoms with Crippen molar-refractivity contribution >= 4 is 9.84 Å². The van der Waals surface area contributed by atoms with E-state index >= 15 is 0 Å². The zero-order chi connectivity index (χ0) is 15.6. The Balaban J connectivity index is 2.97. The van der Waals surface area contributed by atoms with Crippen molar-refractivity contribution in [3.8, 4) is 0 Å². The number of likely N-dealkylation sites (N-methyl/N-ethyl adjacent to an activating group) is 1. The summed E-state index contributed by atoms with van der Waals surface area (Å²) in [6.45, 7) is 10.4. The second-order valence-corrected chi connectivity index (χ2v) is 8.67. The highest BCUT2D eigenvalue weighted by molar-refractivity contribution is 7.92. The lowest BCUT2D eigenvalue weighted by Gasteiger charge is -2.33. The summed E-state index contributed by atoms with van der Waals surface area (Å²) in [5.41, 5.74) is 0.918. The maximum absolute atomic E-state index is 12.0. The van der Waals surface area contributed by atoms with Gasteiger partial charge in [-0.2, -0.15) is 5.10 Å². The van der Waals surface area contributed by atoms with Crippen molar-refractivity contribution in [2.24, 2.45) is 0 Å². The van der Waals surface area contributed by atoms with Crippen molar-refractivity contribution < 1.29 is 8.42 Å². The first-order chi connectivity index (χ1) is 9.09. The van der Waals surface area contributed by atoms with Crippen LogP contribution in [0.25, 0.3) is 0 Å². The molecule has 0 aliphatic rings. The van der Waals surface area contributed by atoms with Gasteiger partial charge in [-0.15, -0.1) is 0 Å². The molecule has 0 saturated heterocycles. The van der Waals surface area contributed by atoms with Gasteiger partial charge in [-0.25, -0.2) is 8.42 Å². The maximum atomic E-state index is 12.0. The smallest absolute Gasteiger partial charge is 0.154 e. The lowest BCUT2D eigenvalue weighted by molar-refractivity contribution is 0.408. The first kappa shape index (κ1) is 17.2. The molecule has 5 nitrogen and oxygen atoms in total. The van der Waals surface area contributed by atoms with Crippen molar-refractivity contribution in [3.05, 3.63) is 18.0 Å². The number of nitrogens with one attached hydrogen (secondary N) is 1. The number of rotatable bonds is 7. The highest BCUT2D eigenvalue weighted by Crippen LogP contribution is 2.23. The van der Waals surface area contributed by atoms with Gasteiger partial charge in [0, 0.05) is 31.0 Å². The summed E-state index contributed by atoms with van der Waals surface area (Å²) in [5.74, 6) is 0. The third-order valence-corrected chi connectivity index (χ3v) is 6.05. The molecule has 0 spiro atoms. The lowest BCUT2D eigenvalue weighted by atomic mass is 9.98. The molecular formula is C14H27N3O2S. The Morgan fingerprint density at radius 2 is 2.00 bits per heavy atom. The predicted octanol–water partition coefficient (Wildman–Crippen LogP) is 1.81. The summed E-state index contributed by atoms with van der Waals surface area (Å²) < 4.78 is 25.1. The monoisotopic (exact) mass is 301 g/mol. The van der Waals surface area contributed by atoms with Gasteiger partial charge in [-0.3, -0.25) is 4.68 Å². The lowest BCUT2D eigenvalue weighted by Crippen LogP contribution is -2.52. The molecule has 0 aliphatic heterocycles. The molecule has 0 amide bonds. The largest absolute Gasteiger partial charge is 0.312 e. The molecule has 1 aromatic rings. The Hall–Kier alpha value is -0.880. The number of nitrogens with zero attached hydrogens (tertiary/aromatic N) is 2. The van der Waals surface area contributed by atoms with Crippen LogP contribution in [0.3, 0.4) is 0 Å². The third-order valence-electron chi connectivity index (χ3n) is 3.85. The highest BCUT2D eigenvalue weighted by atomic mass is 32.2. The van der Waals surface area contributed by atoms with E-state index in [9.17, 15) is 8.42 Å². The van der Waals surface area contributed by atoms with Crippen LogP contribution in [-0.2, 0) is 16.3 Å². The molecule has 0 aromatic carbocycles. The summed E-state index contributed by atoms with van der Waals surface area (Å²) in [5, 5.41) is 7.80. The molecule has 1 rings (SSSR count). The molecule has 0 aliphatic carbocycles. The van der Waals surface area contributed by atoms with Gasteiger partial charge in [0.05, 0.1) is 10.4 Å². The van der Waals surface area contributed by atoms with Crippen LogP contribution in [0.4, 0.5) is 0 Å². The van der Waals surface area contributed by atoms with Gasteiger partial charge in [0.15, 0.2) is 9.84 Å². The number of sulfone groups is 1.